The van der Waals surface area contributed by atoms with Crippen LogP contribution in [0.3, 0.4) is 0 Å². The van der Waals surface area contributed by atoms with Crippen molar-refractivity contribution in [2.75, 3.05) is 0 Å². The van der Waals surface area contributed by atoms with E-state index in [0.717, 1.165) is 43.3 Å². The Morgan fingerprint density at radius 3 is 1.13 bits per heavy atom. The first-order valence-corrected chi connectivity index (χ1v) is 13.9. The lowest BCUT2D eigenvalue weighted by Crippen LogP contribution is -2.90. The molecule has 160 valence electrons. The van der Waals surface area contributed by atoms with Crippen LogP contribution in [0.5, 0.6) is 0 Å². The molecule has 0 radical (unpaired) electrons. The monoisotopic (exact) mass is 408 g/mol. The van der Waals surface area contributed by atoms with E-state index in [0.29, 0.717) is 5.41 Å². The Hall–Kier alpha value is -0.780. The second kappa shape index (κ2) is 3.71. The Morgan fingerprint density at radius 2 is 0.774 bits per heavy atom. The van der Waals surface area contributed by atoms with Crippen LogP contribution in [0.4, 0.5) is 0 Å². The maximum atomic E-state index is 2.41. The molecule has 0 unspecified atom stereocenters. The molecule has 16 rings (SSSR count). The molecule has 0 atom stereocenters. The average Bonchev–Trinajstić information content (AvgIpc) is 2.38. The first kappa shape index (κ1) is 16.0. The molecule has 31 heavy (non-hydrogen) atoms. The fourth-order valence-corrected chi connectivity index (χ4v) is 14.3. The molecule has 15 aliphatic carbocycles. The number of hydrogen-bond acceptors (Lipinski definition) is 0. The minimum Gasteiger partial charge on any atom is -0.0622 e. The molecule has 10 bridgehead atoms. The lowest BCUT2D eigenvalue weighted by Gasteiger charge is -2.98. The van der Waals surface area contributed by atoms with Gasteiger partial charge in [0.25, 0.3) is 0 Å². The molecule has 0 nitrogen and oxygen atoms in total. The molecule has 0 heterocycles. The van der Waals surface area contributed by atoms with E-state index in [2.05, 4.69) is 30.3 Å². The summed E-state index contributed by atoms with van der Waals surface area (Å²) in [5, 5.41) is 0. The van der Waals surface area contributed by atoms with Gasteiger partial charge in [0.05, 0.1) is 0 Å². The zero-order chi connectivity index (χ0) is 19.8. The fraction of sp³-hybridized carbons (Fsp3) is 0.806. The van der Waals surface area contributed by atoms with Crippen molar-refractivity contribution < 1.29 is 0 Å². The highest BCUT2D eigenvalue weighted by atomic mass is 15.0. The summed E-state index contributed by atoms with van der Waals surface area (Å²) in [6.07, 6.45) is 24.8. The van der Waals surface area contributed by atoms with Crippen molar-refractivity contribution in [3.63, 3.8) is 0 Å². The van der Waals surface area contributed by atoms with Gasteiger partial charge in [0, 0.05) is 0 Å². The number of hydrogen-bond donors (Lipinski definition) is 0. The minimum absolute atomic E-state index is 0.616. The summed E-state index contributed by atoms with van der Waals surface area (Å²) in [7, 11) is 0. The van der Waals surface area contributed by atoms with E-state index in [1.54, 1.807) is 102 Å². The Morgan fingerprint density at radius 1 is 0.419 bits per heavy atom. The molecule has 0 aromatic heterocycles. The first-order valence-electron chi connectivity index (χ1n) is 13.9. The first-order chi connectivity index (χ1) is 14.9. The van der Waals surface area contributed by atoms with E-state index in [1.165, 1.54) is 5.92 Å². The van der Waals surface area contributed by atoms with E-state index in [1.807, 2.05) is 0 Å². The van der Waals surface area contributed by atoms with Gasteiger partial charge < -0.3 is 0 Å². The molecule has 1 aromatic rings. The summed E-state index contributed by atoms with van der Waals surface area (Å²) in [5.41, 5.74) is 9.23. The largest absolute Gasteiger partial charge is 0.0622 e. The van der Waals surface area contributed by atoms with Crippen LogP contribution >= 0.6 is 0 Å². The Bertz CT molecular complexity index is 1040. The summed E-state index contributed by atoms with van der Waals surface area (Å²) in [4.78, 5) is 0. The molecular weight excluding hydrogens is 372 g/mol. The third kappa shape index (κ3) is 1.17. The van der Waals surface area contributed by atoms with Gasteiger partial charge >= 0.3 is 0 Å². The summed E-state index contributed by atoms with van der Waals surface area (Å²) in [6.45, 7) is 0. The topological polar surface area (TPSA) is 0 Å². The normalized spacial score (nSPS) is 72.7. The molecule has 1 aromatic carbocycles. The highest BCUT2D eigenvalue weighted by molar-refractivity contribution is 5.47. The lowest BCUT2D eigenvalue weighted by atomic mass is 9.06. The van der Waals surface area contributed by atoms with Crippen LogP contribution in [0.2, 0.25) is 0 Å². The predicted octanol–water partition coefficient (Wildman–Crippen LogP) is 7.42. The Labute approximate surface area is 186 Å². The molecule has 0 saturated heterocycles. The van der Waals surface area contributed by atoms with Gasteiger partial charge in [0.1, 0.15) is 0 Å². The smallest absolute Gasteiger partial charge is 0.00305 e. The van der Waals surface area contributed by atoms with Crippen LogP contribution in [-0.2, 0) is 5.41 Å². The van der Waals surface area contributed by atoms with Gasteiger partial charge in [-0.3, -0.25) is 0 Å². The molecule has 0 heteroatoms. The highest BCUT2D eigenvalue weighted by Crippen LogP contribution is 3.03. The van der Waals surface area contributed by atoms with Gasteiger partial charge in [-0.25, -0.2) is 0 Å². The van der Waals surface area contributed by atoms with Gasteiger partial charge in [-0.05, 0) is 157 Å². The van der Waals surface area contributed by atoms with Crippen molar-refractivity contribution in [3.8, 4) is 0 Å². The SMILES string of the molecule is c1ccc(C23CC(C45CC(C67CC(C89CC(C%10%11CC(C%10)C%11)(C8)C9)(C6)C7)(C4)C5)(C2)C3)cc1. The van der Waals surface area contributed by atoms with Crippen LogP contribution in [0, 0.1) is 49.2 Å². The molecule has 0 spiro atoms. The molecule has 0 N–H and O–H groups in total. The summed E-state index contributed by atoms with van der Waals surface area (Å²) in [5.74, 6) is 1.18. The zero-order valence-corrected chi connectivity index (χ0v) is 19.1. The summed E-state index contributed by atoms with van der Waals surface area (Å²) < 4.78 is 0. The van der Waals surface area contributed by atoms with Crippen LogP contribution in [-0.4, -0.2) is 0 Å². The third-order valence-electron chi connectivity index (χ3n) is 16.0. The third-order valence-corrected chi connectivity index (χ3v) is 16.0. The zero-order valence-electron chi connectivity index (χ0n) is 19.1. The van der Waals surface area contributed by atoms with Gasteiger partial charge in [0.2, 0.25) is 0 Å². The quantitative estimate of drug-likeness (QED) is 0.475. The van der Waals surface area contributed by atoms with Crippen LogP contribution in [0.25, 0.3) is 0 Å². The van der Waals surface area contributed by atoms with Gasteiger partial charge in [-0.1, -0.05) is 30.3 Å². The van der Waals surface area contributed by atoms with E-state index in [9.17, 15) is 0 Å². The molecule has 0 aliphatic heterocycles. The van der Waals surface area contributed by atoms with E-state index >= 15 is 0 Å². The van der Waals surface area contributed by atoms with E-state index < -0.39 is 0 Å². The second-order valence-electron chi connectivity index (χ2n) is 16.5. The number of rotatable bonds is 5. The maximum absolute atomic E-state index is 2.41. The van der Waals surface area contributed by atoms with Gasteiger partial charge in [-0.2, -0.15) is 0 Å². The summed E-state index contributed by atoms with van der Waals surface area (Å²) >= 11 is 0. The van der Waals surface area contributed by atoms with E-state index in [-0.39, 0.29) is 0 Å². The van der Waals surface area contributed by atoms with Crippen molar-refractivity contribution in [1.29, 1.82) is 0 Å². The predicted molar refractivity (Wildman–Crippen MR) is 120 cm³/mol. The van der Waals surface area contributed by atoms with Crippen LogP contribution < -0.4 is 0 Å². The van der Waals surface area contributed by atoms with Crippen molar-refractivity contribution in [2.45, 2.75) is 102 Å². The fourth-order valence-electron chi connectivity index (χ4n) is 14.3. The van der Waals surface area contributed by atoms with Crippen LogP contribution in [0.15, 0.2) is 30.3 Å². The Kier molecular flexibility index (Phi) is 1.91. The van der Waals surface area contributed by atoms with E-state index in [4.69, 9.17) is 0 Å². The average molecular weight is 409 g/mol. The van der Waals surface area contributed by atoms with Crippen molar-refractivity contribution in [1.82, 2.24) is 0 Å². The van der Waals surface area contributed by atoms with Gasteiger partial charge in [0.15, 0.2) is 0 Å². The standard InChI is InChI=1S/C31H36/c1-2-4-22(5-3-1)23-9-25(10-23,11-23)27-15-29(16-27,17-27)31-18-30(19-31,20-31)28-12-26(13-28,14-28)24-6-21(7-24)8-24/h1-5,21H,6-20H2. The second-order valence-corrected chi connectivity index (χ2v) is 16.5. The minimum atomic E-state index is 0.616. The lowest BCUT2D eigenvalue weighted by molar-refractivity contribution is -0.490. The Balaban J connectivity index is 0.782. The van der Waals surface area contributed by atoms with Crippen molar-refractivity contribution in [2.24, 2.45) is 49.2 Å². The molecule has 0 amide bonds. The maximum Gasteiger partial charge on any atom is -0.00305 e. The highest BCUT2D eigenvalue weighted by Gasteiger charge is 2.95. The molecule has 15 fully saturated rings. The number of benzene rings is 1. The van der Waals surface area contributed by atoms with Crippen molar-refractivity contribution >= 4 is 0 Å². The summed E-state index contributed by atoms with van der Waals surface area (Å²) in [6, 6.07) is 11.5. The van der Waals surface area contributed by atoms with Crippen molar-refractivity contribution in [3.05, 3.63) is 35.9 Å². The van der Waals surface area contributed by atoms with Gasteiger partial charge in [-0.15, -0.1) is 0 Å². The molecular formula is C31H36. The molecule has 15 saturated carbocycles. The van der Waals surface area contributed by atoms with Crippen LogP contribution in [0.1, 0.15) is 102 Å². The molecule has 15 aliphatic rings.